The van der Waals surface area contributed by atoms with Crippen molar-refractivity contribution < 1.29 is 9.53 Å². The smallest absolute Gasteiger partial charge is 0.160 e. The highest BCUT2D eigenvalue weighted by molar-refractivity contribution is 5.95. The van der Waals surface area contributed by atoms with E-state index >= 15 is 0 Å². The molecule has 0 heterocycles. The molecule has 1 aromatic rings. The highest BCUT2D eigenvalue weighted by Crippen LogP contribution is 2.22. The maximum absolute atomic E-state index is 11.5. The van der Waals surface area contributed by atoms with Crippen LogP contribution in [0.4, 0.5) is 0 Å². The molecule has 0 spiro atoms. The molecular formula is C14H20O2. The minimum Gasteiger partial charge on any atom is -0.380 e. The predicted octanol–water partition coefficient (Wildman–Crippen LogP) is 3.55. The van der Waals surface area contributed by atoms with E-state index in [0.29, 0.717) is 12.5 Å². The lowest BCUT2D eigenvalue weighted by Crippen LogP contribution is -2.03. The molecule has 0 saturated heterocycles. The molecule has 0 fully saturated rings. The Labute approximate surface area is 97.6 Å². The molecule has 2 nitrogen and oxygen atoms in total. The van der Waals surface area contributed by atoms with E-state index in [0.717, 1.165) is 17.5 Å². The van der Waals surface area contributed by atoms with Crippen LogP contribution in [-0.4, -0.2) is 12.9 Å². The summed E-state index contributed by atoms with van der Waals surface area (Å²) >= 11 is 0. The number of Topliss-reactive ketones (excluding diaryl/α,β-unsaturated/α-hetero) is 1. The zero-order valence-corrected chi connectivity index (χ0v) is 10.5. The van der Waals surface area contributed by atoms with Gasteiger partial charge in [0.2, 0.25) is 0 Å². The first-order valence-corrected chi connectivity index (χ1v) is 5.72. The second-order valence-electron chi connectivity index (χ2n) is 4.22. The number of methoxy groups -OCH3 is 1. The largest absolute Gasteiger partial charge is 0.380 e. The number of carbonyl (C=O) groups excluding carboxylic acids is 1. The summed E-state index contributed by atoms with van der Waals surface area (Å²) in [4.78, 5) is 11.5. The fourth-order valence-electron chi connectivity index (χ4n) is 1.75. The Morgan fingerprint density at radius 1 is 1.44 bits per heavy atom. The van der Waals surface area contributed by atoms with Crippen molar-refractivity contribution in [2.75, 3.05) is 7.11 Å². The van der Waals surface area contributed by atoms with Gasteiger partial charge in [-0.25, -0.2) is 0 Å². The number of hydrogen-bond donors (Lipinski definition) is 0. The lowest BCUT2D eigenvalue weighted by atomic mass is 9.93. The maximum atomic E-state index is 11.5. The maximum Gasteiger partial charge on any atom is 0.160 e. The molecule has 1 aromatic carbocycles. The minimum absolute atomic E-state index is 0.109. The zero-order valence-electron chi connectivity index (χ0n) is 10.5. The molecule has 0 saturated carbocycles. The summed E-state index contributed by atoms with van der Waals surface area (Å²) in [6, 6.07) is 6.10. The third kappa shape index (κ3) is 2.92. The Morgan fingerprint density at radius 3 is 2.62 bits per heavy atom. The summed E-state index contributed by atoms with van der Waals surface area (Å²) in [6.07, 6.45) is 1.08. The van der Waals surface area contributed by atoms with E-state index in [1.807, 2.05) is 12.1 Å². The third-order valence-corrected chi connectivity index (χ3v) is 2.99. The molecule has 0 N–H and O–H groups in total. The molecule has 0 aliphatic carbocycles. The van der Waals surface area contributed by atoms with Gasteiger partial charge in [0.05, 0.1) is 6.61 Å². The van der Waals surface area contributed by atoms with Crippen LogP contribution in [0.3, 0.4) is 0 Å². The van der Waals surface area contributed by atoms with Gasteiger partial charge in [0, 0.05) is 12.7 Å². The lowest BCUT2D eigenvalue weighted by Gasteiger charge is -2.13. The SMILES string of the molecule is CCC(C)c1ccc(COC)c(C(C)=O)c1. The number of rotatable bonds is 5. The van der Waals surface area contributed by atoms with Crippen LogP contribution in [0, 0.1) is 0 Å². The first-order chi connectivity index (χ1) is 7.60. The molecule has 0 aliphatic heterocycles. The zero-order chi connectivity index (χ0) is 12.1. The minimum atomic E-state index is 0.109. The Bertz CT molecular complexity index is 369. The summed E-state index contributed by atoms with van der Waals surface area (Å²) < 4.78 is 5.09. The fraction of sp³-hybridized carbons (Fsp3) is 0.500. The van der Waals surface area contributed by atoms with Crippen molar-refractivity contribution in [2.24, 2.45) is 0 Å². The predicted molar refractivity (Wildman–Crippen MR) is 65.9 cm³/mol. The van der Waals surface area contributed by atoms with Gasteiger partial charge in [0.15, 0.2) is 5.78 Å². The van der Waals surface area contributed by atoms with Gasteiger partial charge in [0.1, 0.15) is 0 Å². The van der Waals surface area contributed by atoms with E-state index in [4.69, 9.17) is 4.74 Å². The van der Waals surface area contributed by atoms with Gasteiger partial charge in [-0.3, -0.25) is 4.79 Å². The Hall–Kier alpha value is -1.15. The van der Waals surface area contributed by atoms with Crippen molar-refractivity contribution in [2.45, 2.75) is 39.7 Å². The third-order valence-electron chi connectivity index (χ3n) is 2.99. The van der Waals surface area contributed by atoms with Crippen molar-refractivity contribution in [1.82, 2.24) is 0 Å². The van der Waals surface area contributed by atoms with Crippen molar-refractivity contribution >= 4 is 5.78 Å². The molecule has 1 atom stereocenters. The van der Waals surface area contributed by atoms with Crippen molar-refractivity contribution in [3.63, 3.8) is 0 Å². The van der Waals surface area contributed by atoms with Gasteiger partial charge in [-0.15, -0.1) is 0 Å². The first kappa shape index (κ1) is 12.9. The molecule has 1 unspecified atom stereocenters. The average molecular weight is 220 g/mol. The van der Waals surface area contributed by atoms with Crippen LogP contribution in [0.5, 0.6) is 0 Å². The lowest BCUT2D eigenvalue weighted by molar-refractivity contribution is 0.101. The molecule has 0 aromatic heterocycles. The number of ketones is 1. The van der Waals surface area contributed by atoms with Crippen LogP contribution >= 0.6 is 0 Å². The van der Waals surface area contributed by atoms with Gasteiger partial charge in [0.25, 0.3) is 0 Å². The summed E-state index contributed by atoms with van der Waals surface area (Å²) in [5.74, 6) is 0.604. The van der Waals surface area contributed by atoms with Crippen LogP contribution in [-0.2, 0) is 11.3 Å². The first-order valence-electron chi connectivity index (χ1n) is 5.72. The average Bonchev–Trinajstić information content (AvgIpc) is 2.28. The standard InChI is InChI=1S/C14H20O2/c1-5-10(2)12-6-7-13(9-16-4)14(8-12)11(3)15/h6-8,10H,5,9H2,1-4H3. The summed E-state index contributed by atoms with van der Waals surface area (Å²) in [5.41, 5.74) is 2.99. The van der Waals surface area contributed by atoms with Crippen LogP contribution < -0.4 is 0 Å². The molecule has 0 radical (unpaired) electrons. The number of hydrogen-bond acceptors (Lipinski definition) is 2. The van der Waals surface area contributed by atoms with Crippen LogP contribution in [0.15, 0.2) is 18.2 Å². The number of benzene rings is 1. The highest BCUT2D eigenvalue weighted by Gasteiger charge is 2.10. The molecule has 16 heavy (non-hydrogen) atoms. The van der Waals surface area contributed by atoms with E-state index in [9.17, 15) is 4.79 Å². The molecular weight excluding hydrogens is 200 g/mol. The summed E-state index contributed by atoms with van der Waals surface area (Å²) in [6.45, 7) is 6.43. The van der Waals surface area contributed by atoms with Crippen LogP contribution in [0.2, 0.25) is 0 Å². The van der Waals surface area contributed by atoms with Gasteiger partial charge < -0.3 is 4.74 Å². The number of carbonyl (C=O) groups is 1. The van der Waals surface area contributed by atoms with E-state index in [1.54, 1.807) is 14.0 Å². The monoisotopic (exact) mass is 220 g/mol. The molecule has 0 bridgehead atoms. The van der Waals surface area contributed by atoms with Crippen molar-refractivity contribution in [3.05, 3.63) is 34.9 Å². The van der Waals surface area contributed by atoms with Crippen molar-refractivity contribution in [1.29, 1.82) is 0 Å². The van der Waals surface area contributed by atoms with E-state index in [-0.39, 0.29) is 5.78 Å². The van der Waals surface area contributed by atoms with E-state index in [1.165, 1.54) is 5.56 Å². The van der Waals surface area contributed by atoms with Crippen LogP contribution in [0.25, 0.3) is 0 Å². The Morgan fingerprint density at radius 2 is 2.12 bits per heavy atom. The van der Waals surface area contributed by atoms with Crippen molar-refractivity contribution in [3.8, 4) is 0 Å². The van der Waals surface area contributed by atoms with Gasteiger partial charge in [-0.05, 0) is 36.5 Å². The number of ether oxygens (including phenoxy) is 1. The van der Waals surface area contributed by atoms with Crippen LogP contribution in [0.1, 0.15) is 54.6 Å². The molecule has 1 rings (SSSR count). The Kier molecular flexibility index (Phi) is 4.69. The van der Waals surface area contributed by atoms with E-state index < -0.39 is 0 Å². The highest BCUT2D eigenvalue weighted by atomic mass is 16.5. The second kappa shape index (κ2) is 5.80. The molecule has 0 aliphatic rings. The van der Waals surface area contributed by atoms with Gasteiger partial charge >= 0.3 is 0 Å². The van der Waals surface area contributed by atoms with Gasteiger partial charge in [-0.2, -0.15) is 0 Å². The normalized spacial score (nSPS) is 12.5. The molecule has 2 heteroatoms. The summed E-state index contributed by atoms with van der Waals surface area (Å²) in [5, 5.41) is 0. The Balaban J connectivity index is 3.12. The topological polar surface area (TPSA) is 26.3 Å². The quantitative estimate of drug-likeness (QED) is 0.709. The van der Waals surface area contributed by atoms with E-state index in [2.05, 4.69) is 19.9 Å². The fourth-order valence-corrected chi connectivity index (χ4v) is 1.75. The van der Waals surface area contributed by atoms with Gasteiger partial charge in [-0.1, -0.05) is 26.0 Å². The molecule has 88 valence electrons. The molecule has 0 amide bonds. The second-order valence-corrected chi connectivity index (χ2v) is 4.22. The summed E-state index contributed by atoms with van der Waals surface area (Å²) in [7, 11) is 1.65.